The van der Waals surface area contributed by atoms with Gasteiger partial charge < -0.3 is 9.47 Å². The third-order valence-electron chi connectivity index (χ3n) is 4.61. The Morgan fingerprint density at radius 3 is 2.86 bits per heavy atom. The third kappa shape index (κ3) is 4.29. The highest BCUT2D eigenvalue weighted by atomic mass is 32.2. The molecule has 1 fully saturated rings. The molecule has 0 spiro atoms. The van der Waals surface area contributed by atoms with Crippen molar-refractivity contribution >= 4 is 29.1 Å². The molecule has 3 aromatic rings. The summed E-state index contributed by atoms with van der Waals surface area (Å²) in [4.78, 5) is 12.7. The Labute approximate surface area is 171 Å². The van der Waals surface area contributed by atoms with Gasteiger partial charge in [0.2, 0.25) is 0 Å². The minimum absolute atomic E-state index is 0.216. The second kappa shape index (κ2) is 8.89. The van der Waals surface area contributed by atoms with Gasteiger partial charge in [-0.1, -0.05) is 30.0 Å². The number of thioether (sulfide) groups is 1. The van der Waals surface area contributed by atoms with Crippen LogP contribution in [0.3, 0.4) is 0 Å². The van der Waals surface area contributed by atoms with Gasteiger partial charge in [0.25, 0.3) is 0 Å². The lowest BCUT2D eigenvalue weighted by Gasteiger charge is -2.14. The van der Waals surface area contributed by atoms with Crippen LogP contribution in [0.5, 0.6) is 0 Å². The molecule has 0 N–H and O–H groups in total. The summed E-state index contributed by atoms with van der Waals surface area (Å²) in [5, 5.41) is 11.8. The van der Waals surface area contributed by atoms with Gasteiger partial charge in [-0.05, 0) is 42.0 Å². The number of ether oxygens (including phenoxy) is 2. The van der Waals surface area contributed by atoms with Gasteiger partial charge in [-0.2, -0.15) is 0 Å². The molecule has 3 heterocycles. The molecule has 146 valence electrons. The van der Waals surface area contributed by atoms with Crippen LogP contribution in [0.15, 0.2) is 46.9 Å². The van der Waals surface area contributed by atoms with Crippen molar-refractivity contribution in [2.24, 2.45) is 0 Å². The van der Waals surface area contributed by atoms with Crippen LogP contribution in [-0.2, 0) is 21.8 Å². The standard InChI is InChI=1S/C20H21N3O3S2/c1-25-19(24)15-8-6-14(7-9-15)13-28-20-22-21-18(17-5-3-11-27-17)23(20)12-16-4-2-10-26-16/h3,5-9,11,16H,2,4,10,12-13H2,1H3. The van der Waals surface area contributed by atoms with E-state index in [1.807, 2.05) is 18.2 Å². The second-order valence-corrected chi connectivity index (χ2v) is 8.40. The van der Waals surface area contributed by atoms with E-state index in [9.17, 15) is 4.79 Å². The first-order valence-electron chi connectivity index (χ1n) is 9.13. The number of carbonyl (C=O) groups excluding carboxylic acids is 1. The number of esters is 1. The first-order chi connectivity index (χ1) is 13.7. The Bertz CT molecular complexity index is 917. The Balaban J connectivity index is 1.51. The zero-order valence-electron chi connectivity index (χ0n) is 15.5. The normalized spacial score (nSPS) is 16.4. The van der Waals surface area contributed by atoms with Gasteiger partial charge in [0.1, 0.15) is 0 Å². The highest BCUT2D eigenvalue weighted by molar-refractivity contribution is 7.98. The number of rotatable bonds is 7. The van der Waals surface area contributed by atoms with Crippen LogP contribution in [0.25, 0.3) is 10.7 Å². The molecule has 1 atom stereocenters. The van der Waals surface area contributed by atoms with Crippen LogP contribution in [0.1, 0.15) is 28.8 Å². The molecule has 2 aromatic heterocycles. The van der Waals surface area contributed by atoms with E-state index in [1.54, 1.807) is 35.2 Å². The molecule has 1 saturated heterocycles. The SMILES string of the molecule is COC(=O)c1ccc(CSc2nnc(-c3cccs3)n2CC2CCCO2)cc1. The van der Waals surface area contributed by atoms with Gasteiger partial charge in [0.15, 0.2) is 11.0 Å². The van der Waals surface area contributed by atoms with Crippen molar-refractivity contribution in [3.05, 3.63) is 52.9 Å². The maximum atomic E-state index is 11.6. The van der Waals surface area contributed by atoms with E-state index in [-0.39, 0.29) is 12.1 Å². The molecule has 28 heavy (non-hydrogen) atoms. The summed E-state index contributed by atoms with van der Waals surface area (Å²) in [5.41, 5.74) is 1.67. The molecule has 0 aliphatic carbocycles. The molecule has 0 bridgehead atoms. The van der Waals surface area contributed by atoms with Crippen molar-refractivity contribution in [1.29, 1.82) is 0 Å². The average Bonchev–Trinajstić information content (AvgIpc) is 3.49. The lowest BCUT2D eigenvalue weighted by Crippen LogP contribution is -2.16. The minimum Gasteiger partial charge on any atom is -0.465 e. The zero-order valence-corrected chi connectivity index (χ0v) is 17.2. The molecule has 1 aromatic carbocycles. The van der Waals surface area contributed by atoms with Crippen LogP contribution in [-0.4, -0.2) is 40.6 Å². The summed E-state index contributed by atoms with van der Waals surface area (Å²) in [6, 6.07) is 11.6. The first-order valence-corrected chi connectivity index (χ1v) is 11.0. The van der Waals surface area contributed by atoms with Crippen molar-refractivity contribution in [2.45, 2.75) is 36.4 Å². The summed E-state index contributed by atoms with van der Waals surface area (Å²) < 4.78 is 12.8. The predicted octanol–water partition coefficient (Wildman–Crippen LogP) is 4.26. The van der Waals surface area contributed by atoms with E-state index in [2.05, 4.69) is 26.2 Å². The van der Waals surface area contributed by atoms with Crippen molar-refractivity contribution < 1.29 is 14.3 Å². The summed E-state index contributed by atoms with van der Waals surface area (Å²) in [6.45, 7) is 1.60. The van der Waals surface area contributed by atoms with Gasteiger partial charge in [0, 0.05) is 12.4 Å². The second-order valence-electron chi connectivity index (χ2n) is 6.51. The Kier molecular flexibility index (Phi) is 6.09. The number of benzene rings is 1. The molecule has 8 heteroatoms. The fraction of sp³-hybridized carbons (Fsp3) is 0.350. The molecule has 4 rings (SSSR count). The van der Waals surface area contributed by atoms with Crippen molar-refractivity contribution in [2.75, 3.05) is 13.7 Å². The summed E-state index contributed by atoms with van der Waals surface area (Å²) >= 11 is 3.31. The number of methoxy groups -OCH3 is 1. The van der Waals surface area contributed by atoms with E-state index >= 15 is 0 Å². The van der Waals surface area contributed by atoms with Crippen LogP contribution >= 0.6 is 23.1 Å². The molecular formula is C20H21N3O3S2. The predicted molar refractivity (Wildman–Crippen MR) is 110 cm³/mol. The van der Waals surface area contributed by atoms with Crippen LogP contribution in [0.2, 0.25) is 0 Å². The molecule has 6 nitrogen and oxygen atoms in total. The van der Waals surface area contributed by atoms with Crippen LogP contribution in [0, 0.1) is 0 Å². The lowest BCUT2D eigenvalue weighted by atomic mass is 10.1. The Morgan fingerprint density at radius 1 is 1.32 bits per heavy atom. The Hall–Kier alpha value is -2.16. The summed E-state index contributed by atoms with van der Waals surface area (Å²) in [6.07, 6.45) is 2.39. The zero-order chi connectivity index (χ0) is 19.3. The fourth-order valence-electron chi connectivity index (χ4n) is 3.14. The molecule has 0 saturated carbocycles. The van der Waals surface area contributed by atoms with E-state index in [4.69, 9.17) is 9.47 Å². The number of hydrogen-bond acceptors (Lipinski definition) is 7. The minimum atomic E-state index is -0.323. The third-order valence-corrected chi connectivity index (χ3v) is 6.52. The maximum absolute atomic E-state index is 11.6. The number of nitrogens with zero attached hydrogens (tertiary/aromatic N) is 3. The number of aromatic nitrogens is 3. The quantitative estimate of drug-likeness (QED) is 0.424. The van der Waals surface area contributed by atoms with Crippen LogP contribution < -0.4 is 0 Å². The topological polar surface area (TPSA) is 66.2 Å². The number of hydrogen-bond donors (Lipinski definition) is 0. The number of carbonyl (C=O) groups is 1. The first kappa shape index (κ1) is 19.2. The van der Waals surface area contributed by atoms with Gasteiger partial charge in [-0.15, -0.1) is 21.5 Å². The largest absolute Gasteiger partial charge is 0.465 e. The van der Waals surface area contributed by atoms with Gasteiger partial charge in [-0.3, -0.25) is 4.57 Å². The molecule has 1 aliphatic rings. The highest BCUT2D eigenvalue weighted by Crippen LogP contribution is 2.30. The highest BCUT2D eigenvalue weighted by Gasteiger charge is 2.22. The molecular weight excluding hydrogens is 394 g/mol. The molecule has 1 unspecified atom stereocenters. The van der Waals surface area contributed by atoms with Gasteiger partial charge in [-0.25, -0.2) is 4.79 Å². The molecule has 1 aliphatic heterocycles. The average molecular weight is 416 g/mol. The van der Waals surface area contributed by atoms with Gasteiger partial charge in [0.05, 0.1) is 30.2 Å². The molecule has 0 radical (unpaired) electrons. The van der Waals surface area contributed by atoms with Crippen LogP contribution in [0.4, 0.5) is 0 Å². The van der Waals surface area contributed by atoms with Crippen molar-refractivity contribution in [1.82, 2.24) is 14.8 Å². The summed E-state index contributed by atoms with van der Waals surface area (Å²) in [7, 11) is 1.39. The Morgan fingerprint density at radius 2 is 2.18 bits per heavy atom. The van der Waals surface area contributed by atoms with Gasteiger partial charge >= 0.3 is 5.97 Å². The van der Waals surface area contributed by atoms with Crippen molar-refractivity contribution in [3.63, 3.8) is 0 Å². The molecule has 0 amide bonds. The summed E-state index contributed by atoms with van der Waals surface area (Å²) in [5.74, 6) is 1.32. The maximum Gasteiger partial charge on any atom is 0.337 e. The fourth-order valence-corrected chi connectivity index (χ4v) is 4.76. The van der Waals surface area contributed by atoms with E-state index in [0.717, 1.165) is 53.2 Å². The smallest absolute Gasteiger partial charge is 0.337 e. The lowest BCUT2D eigenvalue weighted by molar-refractivity contribution is 0.0600. The monoisotopic (exact) mass is 415 g/mol. The van der Waals surface area contributed by atoms with Crippen molar-refractivity contribution in [3.8, 4) is 10.7 Å². The van der Waals surface area contributed by atoms with E-state index in [0.29, 0.717) is 5.56 Å². The van der Waals surface area contributed by atoms with E-state index in [1.165, 1.54) is 7.11 Å². The number of thiophene rings is 1. The van der Waals surface area contributed by atoms with E-state index < -0.39 is 0 Å².